The van der Waals surface area contributed by atoms with Crippen molar-refractivity contribution in [3.63, 3.8) is 0 Å². The summed E-state index contributed by atoms with van der Waals surface area (Å²) in [6.07, 6.45) is -1.65. The number of amides is 1. The van der Waals surface area contributed by atoms with E-state index < -0.39 is 13.0 Å². The number of nitrogens with zero attached hydrogens (tertiary/aromatic N) is 2. The van der Waals surface area contributed by atoms with Crippen molar-refractivity contribution < 1.29 is 13.6 Å². The summed E-state index contributed by atoms with van der Waals surface area (Å²) in [5.41, 5.74) is 0. The summed E-state index contributed by atoms with van der Waals surface area (Å²) in [6, 6.07) is 0.0631. The van der Waals surface area contributed by atoms with Crippen molar-refractivity contribution >= 4 is 11.9 Å². The summed E-state index contributed by atoms with van der Waals surface area (Å²) in [5, 5.41) is 6.04. The molecule has 116 valence electrons. The van der Waals surface area contributed by atoms with Crippen LogP contribution in [0.15, 0.2) is 4.99 Å². The van der Waals surface area contributed by atoms with Crippen molar-refractivity contribution in [3.05, 3.63) is 0 Å². The molecule has 0 aromatic heterocycles. The molecule has 1 aliphatic rings. The van der Waals surface area contributed by atoms with Crippen LogP contribution in [-0.2, 0) is 4.79 Å². The minimum absolute atomic E-state index is 0.0190. The Bertz CT molecular complexity index is 347. The molecule has 20 heavy (non-hydrogen) atoms. The predicted molar refractivity (Wildman–Crippen MR) is 74.9 cm³/mol. The van der Waals surface area contributed by atoms with E-state index in [9.17, 15) is 13.6 Å². The molecule has 1 rings (SSSR count). The zero-order valence-corrected chi connectivity index (χ0v) is 12.3. The summed E-state index contributed by atoms with van der Waals surface area (Å²) in [5.74, 6) is 0.495. The highest BCUT2D eigenvalue weighted by molar-refractivity contribution is 5.81. The molecule has 0 spiro atoms. The van der Waals surface area contributed by atoms with E-state index in [2.05, 4.69) is 15.6 Å². The van der Waals surface area contributed by atoms with E-state index in [1.54, 1.807) is 4.90 Å². The lowest BCUT2D eigenvalue weighted by Crippen LogP contribution is -2.45. The second-order valence-corrected chi connectivity index (χ2v) is 5.18. The van der Waals surface area contributed by atoms with Gasteiger partial charge in [-0.3, -0.25) is 4.79 Å². The number of carbonyl (C=O) groups excluding carboxylic acids is 1. The SMILES string of the molecule is CCNC(=NCC(F)F)NC1CCN(C(=O)C(C)C)C1. The lowest BCUT2D eigenvalue weighted by Gasteiger charge is -2.20. The van der Waals surface area contributed by atoms with Gasteiger partial charge in [0.2, 0.25) is 5.91 Å². The van der Waals surface area contributed by atoms with Gasteiger partial charge in [-0.15, -0.1) is 0 Å². The first-order valence-electron chi connectivity index (χ1n) is 7.05. The molecule has 0 bridgehead atoms. The van der Waals surface area contributed by atoms with Gasteiger partial charge in [0, 0.05) is 31.6 Å². The maximum Gasteiger partial charge on any atom is 0.257 e. The number of rotatable bonds is 5. The molecule has 1 atom stereocenters. The number of carbonyl (C=O) groups is 1. The van der Waals surface area contributed by atoms with Crippen molar-refractivity contribution in [1.29, 1.82) is 0 Å². The van der Waals surface area contributed by atoms with Gasteiger partial charge in [0.1, 0.15) is 6.54 Å². The van der Waals surface area contributed by atoms with Crippen LogP contribution in [0.25, 0.3) is 0 Å². The van der Waals surface area contributed by atoms with Gasteiger partial charge in [-0.1, -0.05) is 13.8 Å². The minimum Gasteiger partial charge on any atom is -0.357 e. The van der Waals surface area contributed by atoms with Gasteiger partial charge < -0.3 is 15.5 Å². The van der Waals surface area contributed by atoms with Crippen LogP contribution in [0, 0.1) is 5.92 Å². The Morgan fingerprint density at radius 2 is 2.15 bits per heavy atom. The number of hydrogen-bond acceptors (Lipinski definition) is 2. The zero-order chi connectivity index (χ0) is 15.1. The normalized spacial score (nSPS) is 19.9. The number of nitrogens with one attached hydrogen (secondary N) is 2. The van der Waals surface area contributed by atoms with E-state index in [0.717, 1.165) is 6.42 Å². The van der Waals surface area contributed by atoms with Gasteiger partial charge in [-0.25, -0.2) is 13.8 Å². The second-order valence-electron chi connectivity index (χ2n) is 5.18. The minimum atomic E-state index is -2.45. The molecule has 0 aromatic rings. The zero-order valence-electron chi connectivity index (χ0n) is 12.3. The number of hydrogen-bond donors (Lipinski definition) is 2. The number of halogens is 2. The summed E-state index contributed by atoms with van der Waals surface area (Å²) >= 11 is 0. The Labute approximate surface area is 118 Å². The fourth-order valence-corrected chi connectivity index (χ4v) is 2.12. The van der Waals surface area contributed by atoms with Crippen molar-refractivity contribution in [2.45, 2.75) is 39.7 Å². The molecule has 0 radical (unpaired) electrons. The Hall–Kier alpha value is -1.40. The van der Waals surface area contributed by atoms with E-state index in [1.165, 1.54) is 0 Å². The molecule has 1 unspecified atom stereocenters. The van der Waals surface area contributed by atoms with Crippen LogP contribution in [0.4, 0.5) is 8.78 Å². The second kappa shape index (κ2) is 8.01. The van der Waals surface area contributed by atoms with E-state index in [-0.39, 0.29) is 17.9 Å². The van der Waals surface area contributed by atoms with Gasteiger partial charge in [-0.05, 0) is 13.3 Å². The Morgan fingerprint density at radius 1 is 1.45 bits per heavy atom. The molecule has 0 aromatic carbocycles. The number of guanidine groups is 1. The standard InChI is InChI=1S/C13H24F2N4O/c1-4-16-13(17-7-11(14)15)18-10-5-6-19(8-10)12(20)9(2)3/h9-11H,4-8H2,1-3H3,(H2,16,17,18). The van der Waals surface area contributed by atoms with Crippen molar-refractivity contribution in [1.82, 2.24) is 15.5 Å². The third-order valence-electron chi connectivity index (χ3n) is 3.07. The van der Waals surface area contributed by atoms with E-state index in [1.807, 2.05) is 20.8 Å². The third kappa shape index (κ3) is 5.30. The summed E-state index contributed by atoms with van der Waals surface area (Å²) in [4.78, 5) is 17.5. The fourth-order valence-electron chi connectivity index (χ4n) is 2.12. The fraction of sp³-hybridized carbons (Fsp3) is 0.846. The molecule has 1 heterocycles. The maximum atomic E-state index is 12.2. The summed E-state index contributed by atoms with van der Waals surface area (Å²) in [6.45, 7) is 7.00. The van der Waals surface area contributed by atoms with Gasteiger partial charge in [0.05, 0.1) is 0 Å². The molecule has 1 fully saturated rings. The first-order chi connectivity index (χ1) is 9.43. The molecule has 2 N–H and O–H groups in total. The van der Waals surface area contributed by atoms with Crippen molar-refractivity contribution in [3.8, 4) is 0 Å². The highest BCUT2D eigenvalue weighted by Gasteiger charge is 2.27. The van der Waals surface area contributed by atoms with Crippen LogP contribution in [0.1, 0.15) is 27.2 Å². The smallest absolute Gasteiger partial charge is 0.257 e. The molecule has 1 saturated heterocycles. The highest BCUT2D eigenvalue weighted by Crippen LogP contribution is 2.12. The molecule has 1 aliphatic heterocycles. The monoisotopic (exact) mass is 290 g/mol. The lowest BCUT2D eigenvalue weighted by molar-refractivity contribution is -0.133. The molecule has 0 saturated carbocycles. The summed E-state index contributed by atoms with van der Waals surface area (Å²) < 4.78 is 24.4. The average molecular weight is 290 g/mol. The van der Waals surface area contributed by atoms with Crippen LogP contribution in [-0.4, -0.2) is 55.4 Å². The molecular weight excluding hydrogens is 266 g/mol. The van der Waals surface area contributed by atoms with Crippen LogP contribution in [0.5, 0.6) is 0 Å². The highest BCUT2D eigenvalue weighted by atomic mass is 19.3. The van der Waals surface area contributed by atoms with Gasteiger partial charge >= 0.3 is 0 Å². The lowest BCUT2D eigenvalue weighted by atomic mass is 10.2. The molecular formula is C13H24F2N4O. The van der Waals surface area contributed by atoms with E-state index in [0.29, 0.717) is 25.6 Å². The Morgan fingerprint density at radius 3 is 2.70 bits per heavy atom. The quantitative estimate of drug-likeness (QED) is 0.588. The van der Waals surface area contributed by atoms with Crippen molar-refractivity contribution in [2.24, 2.45) is 10.9 Å². The average Bonchev–Trinajstić information content (AvgIpc) is 2.83. The van der Waals surface area contributed by atoms with Crippen molar-refractivity contribution in [2.75, 3.05) is 26.2 Å². The van der Waals surface area contributed by atoms with Gasteiger partial charge in [-0.2, -0.15) is 0 Å². The van der Waals surface area contributed by atoms with E-state index in [4.69, 9.17) is 0 Å². The Balaban J connectivity index is 2.50. The molecule has 5 nitrogen and oxygen atoms in total. The first-order valence-corrected chi connectivity index (χ1v) is 7.05. The molecule has 0 aliphatic carbocycles. The predicted octanol–water partition coefficient (Wildman–Crippen LogP) is 1.06. The van der Waals surface area contributed by atoms with Crippen LogP contribution < -0.4 is 10.6 Å². The summed E-state index contributed by atoms with van der Waals surface area (Å²) in [7, 11) is 0. The maximum absolute atomic E-state index is 12.2. The van der Waals surface area contributed by atoms with Crippen LogP contribution in [0.3, 0.4) is 0 Å². The molecule has 7 heteroatoms. The van der Waals surface area contributed by atoms with E-state index >= 15 is 0 Å². The molecule has 1 amide bonds. The van der Waals surface area contributed by atoms with Crippen LogP contribution in [0.2, 0.25) is 0 Å². The first kappa shape index (κ1) is 16.7. The van der Waals surface area contributed by atoms with Gasteiger partial charge in [0.15, 0.2) is 5.96 Å². The topological polar surface area (TPSA) is 56.7 Å². The van der Waals surface area contributed by atoms with Crippen LogP contribution >= 0.6 is 0 Å². The largest absolute Gasteiger partial charge is 0.357 e. The van der Waals surface area contributed by atoms with Gasteiger partial charge in [0.25, 0.3) is 6.43 Å². The Kier molecular flexibility index (Phi) is 6.67. The number of alkyl halides is 2. The number of aliphatic imine (C=N–C) groups is 1. The third-order valence-corrected chi connectivity index (χ3v) is 3.07. The number of likely N-dealkylation sites (tertiary alicyclic amines) is 1.